The molecule has 0 amide bonds. The summed E-state index contributed by atoms with van der Waals surface area (Å²) in [7, 11) is 1.50. The van der Waals surface area contributed by atoms with Crippen molar-refractivity contribution in [3.8, 4) is 23.0 Å². The minimum atomic E-state index is -0.882. The lowest BCUT2D eigenvalue weighted by Gasteiger charge is -2.20. The molecule has 1 N–H and O–H groups in total. The van der Waals surface area contributed by atoms with Crippen molar-refractivity contribution in [1.82, 2.24) is 0 Å². The highest BCUT2D eigenvalue weighted by atomic mass is 16.6. The van der Waals surface area contributed by atoms with Gasteiger partial charge >= 0.3 is 5.63 Å². The van der Waals surface area contributed by atoms with E-state index in [2.05, 4.69) is 0 Å². The van der Waals surface area contributed by atoms with E-state index in [1.54, 1.807) is 12.1 Å². The summed E-state index contributed by atoms with van der Waals surface area (Å²) in [5, 5.41) is 9.81. The monoisotopic (exact) mass is 344 g/mol. The van der Waals surface area contributed by atoms with Crippen LogP contribution in [0.1, 0.15) is 21.7 Å². The predicted octanol–water partition coefficient (Wildman–Crippen LogP) is 2.33. The number of aryl methyl sites for hydroxylation is 1. The molecule has 0 radical (unpaired) electrons. The maximum Gasteiger partial charge on any atom is 0.351 e. The molecule has 130 valence electrons. The van der Waals surface area contributed by atoms with Crippen molar-refractivity contribution < 1.29 is 28.5 Å². The molecule has 0 saturated heterocycles. The maximum absolute atomic E-state index is 12.2. The Bertz CT molecular complexity index is 891. The Labute approximate surface area is 143 Å². The zero-order chi connectivity index (χ0) is 18.0. The van der Waals surface area contributed by atoms with Gasteiger partial charge in [0.25, 0.3) is 0 Å². The zero-order valence-corrected chi connectivity index (χ0v) is 13.7. The van der Waals surface area contributed by atoms with Crippen LogP contribution >= 0.6 is 0 Å². The van der Waals surface area contributed by atoms with E-state index in [1.165, 1.54) is 32.3 Å². The van der Waals surface area contributed by atoms with Crippen LogP contribution < -0.4 is 19.8 Å². The van der Waals surface area contributed by atoms with Gasteiger partial charge in [-0.3, -0.25) is 4.79 Å². The normalized spacial score (nSPS) is 13.0. The predicted molar refractivity (Wildman–Crippen MR) is 88.7 cm³/mol. The van der Waals surface area contributed by atoms with Crippen molar-refractivity contribution >= 4 is 11.9 Å². The largest absolute Gasteiger partial charge is 0.507 e. The molecule has 0 aliphatic carbocycles. The third kappa shape index (κ3) is 3.35. The molecule has 1 aliphatic rings. The second-order valence-electron chi connectivity index (χ2n) is 5.35. The van der Waals surface area contributed by atoms with E-state index in [9.17, 15) is 14.7 Å². The minimum Gasteiger partial charge on any atom is -0.507 e. The second-order valence-corrected chi connectivity index (χ2v) is 5.35. The first-order valence-electron chi connectivity index (χ1n) is 7.53. The van der Waals surface area contributed by atoms with E-state index < -0.39 is 22.7 Å². The molecule has 7 nitrogen and oxygen atoms in total. The quantitative estimate of drug-likeness (QED) is 0.672. The first-order chi connectivity index (χ1) is 12.0. The molecule has 1 aliphatic heterocycles. The molecule has 7 heteroatoms. The van der Waals surface area contributed by atoms with Gasteiger partial charge in [0, 0.05) is 6.07 Å². The van der Waals surface area contributed by atoms with E-state index >= 15 is 0 Å². The minimum absolute atomic E-state index is 0.222. The third-order valence-corrected chi connectivity index (χ3v) is 3.58. The Morgan fingerprint density at radius 2 is 2.00 bits per heavy atom. The molecule has 0 spiro atoms. The summed E-state index contributed by atoms with van der Waals surface area (Å²) in [6.07, 6.45) is 2.66. The molecule has 2 aromatic rings. The van der Waals surface area contributed by atoms with Crippen molar-refractivity contribution in [2.45, 2.75) is 6.92 Å². The average Bonchev–Trinajstić information content (AvgIpc) is 2.58. The van der Waals surface area contributed by atoms with Gasteiger partial charge in [0.2, 0.25) is 5.75 Å². The number of benzene rings is 1. The van der Waals surface area contributed by atoms with Crippen LogP contribution in [0, 0.1) is 6.92 Å². The lowest BCUT2D eigenvalue weighted by Crippen LogP contribution is -2.16. The number of ether oxygens (including phenoxy) is 3. The number of ketones is 1. The number of carbonyl (C=O) groups excluding carboxylic acids is 1. The van der Waals surface area contributed by atoms with Crippen LogP contribution in [0.2, 0.25) is 0 Å². The molecule has 0 unspecified atom stereocenters. The Morgan fingerprint density at radius 3 is 2.72 bits per heavy atom. The van der Waals surface area contributed by atoms with Crippen LogP contribution in [0.5, 0.6) is 23.0 Å². The SMILES string of the molecule is COc1cc(/C=C/C(=O)c2c(O)cc(C)oc2=O)cc2c1OCCO2. The first kappa shape index (κ1) is 16.6. The van der Waals surface area contributed by atoms with Crippen LogP contribution in [-0.2, 0) is 0 Å². The van der Waals surface area contributed by atoms with Gasteiger partial charge in [0.1, 0.15) is 30.3 Å². The van der Waals surface area contributed by atoms with Crippen molar-refractivity contribution in [1.29, 1.82) is 0 Å². The van der Waals surface area contributed by atoms with Gasteiger partial charge in [-0.15, -0.1) is 0 Å². The second kappa shape index (κ2) is 6.72. The maximum atomic E-state index is 12.2. The van der Waals surface area contributed by atoms with Gasteiger partial charge in [-0.05, 0) is 30.7 Å². The summed E-state index contributed by atoms with van der Waals surface area (Å²) >= 11 is 0. The van der Waals surface area contributed by atoms with E-state index in [-0.39, 0.29) is 5.76 Å². The number of hydrogen-bond donors (Lipinski definition) is 1. The molecular weight excluding hydrogens is 328 g/mol. The van der Waals surface area contributed by atoms with Gasteiger partial charge in [0.05, 0.1) is 7.11 Å². The highest BCUT2D eigenvalue weighted by molar-refractivity contribution is 6.08. The number of hydrogen-bond acceptors (Lipinski definition) is 7. The lowest BCUT2D eigenvalue weighted by molar-refractivity contribution is 0.104. The topological polar surface area (TPSA) is 95.2 Å². The average molecular weight is 344 g/mol. The summed E-state index contributed by atoms with van der Waals surface area (Å²) < 4.78 is 21.1. The highest BCUT2D eigenvalue weighted by Gasteiger charge is 2.19. The molecule has 0 saturated carbocycles. The molecule has 25 heavy (non-hydrogen) atoms. The zero-order valence-electron chi connectivity index (χ0n) is 13.7. The van der Waals surface area contributed by atoms with E-state index in [1.807, 2.05) is 0 Å². The van der Waals surface area contributed by atoms with Crippen molar-refractivity contribution in [2.24, 2.45) is 0 Å². The van der Waals surface area contributed by atoms with Crippen molar-refractivity contribution in [2.75, 3.05) is 20.3 Å². The number of fused-ring (bicyclic) bond motifs is 1. The summed E-state index contributed by atoms with van der Waals surface area (Å²) in [6.45, 7) is 2.35. The summed E-state index contributed by atoms with van der Waals surface area (Å²) in [4.78, 5) is 24.0. The van der Waals surface area contributed by atoms with E-state index in [4.69, 9.17) is 18.6 Å². The standard InChI is InChI=1S/C18H16O7/c1-10-7-13(20)16(18(21)25-10)12(19)4-3-11-8-14(22-2)17-15(9-11)23-5-6-24-17/h3-4,7-9,20H,5-6H2,1-2H3/b4-3+. The Morgan fingerprint density at radius 1 is 1.24 bits per heavy atom. The first-order valence-corrected chi connectivity index (χ1v) is 7.53. The van der Waals surface area contributed by atoms with Crippen molar-refractivity contribution in [3.05, 3.63) is 51.6 Å². The molecule has 3 rings (SSSR count). The Balaban J connectivity index is 1.92. The number of carbonyl (C=O) groups is 1. The van der Waals surface area contributed by atoms with Crippen LogP contribution in [0.25, 0.3) is 6.08 Å². The van der Waals surface area contributed by atoms with Crippen LogP contribution in [0.3, 0.4) is 0 Å². The molecule has 1 aromatic heterocycles. The van der Waals surface area contributed by atoms with Gasteiger partial charge < -0.3 is 23.7 Å². The Hall–Kier alpha value is -3.22. The molecule has 2 heterocycles. The number of rotatable bonds is 4. The molecule has 0 fully saturated rings. The number of aromatic hydroxyl groups is 1. The highest BCUT2D eigenvalue weighted by Crippen LogP contribution is 2.40. The third-order valence-electron chi connectivity index (χ3n) is 3.58. The molecular formula is C18H16O7. The number of methoxy groups -OCH3 is 1. The fraction of sp³-hybridized carbons (Fsp3) is 0.222. The lowest BCUT2D eigenvalue weighted by atomic mass is 10.1. The van der Waals surface area contributed by atoms with Gasteiger partial charge in [-0.1, -0.05) is 6.08 Å². The van der Waals surface area contributed by atoms with E-state index in [0.29, 0.717) is 36.0 Å². The van der Waals surface area contributed by atoms with Crippen LogP contribution in [-0.4, -0.2) is 31.2 Å². The molecule has 0 bridgehead atoms. The molecule has 1 aromatic carbocycles. The summed E-state index contributed by atoms with van der Waals surface area (Å²) in [5.74, 6) is 0.634. The van der Waals surface area contributed by atoms with E-state index in [0.717, 1.165) is 0 Å². The van der Waals surface area contributed by atoms with Crippen molar-refractivity contribution in [3.63, 3.8) is 0 Å². The van der Waals surface area contributed by atoms with Crippen LogP contribution in [0.15, 0.2) is 33.5 Å². The number of allylic oxidation sites excluding steroid dienone is 1. The molecule has 0 atom stereocenters. The summed E-state index contributed by atoms with van der Waals surface area (Å²) in [5.41, 5.74) is -0.677. The summed E-state index contributed by atoms with van der Waals surface area (Å²) in [6, 6.07) is 4.59. The fourth-order valence-electron chi connectivity index (χ4n) is 2.47. The Kier molecular flexibility index (Phi) is 4.47. The van der Waals surface area contributed by atoms with Gasteiger partial charge in [-0.25, -0.2) is 4.79 Å². The smallest absolute Gasteiger partial charge is 0.351 e. The van der Waals surface area contributed by atoms with Gasteiger partial charge in [-0.2, -0.15) is 0 Å². The fourth-order valence-corrected chi connectivity index (χ4v) is 2.47. The van der Waals surface area contributed by atoms with Gasteiger partial charge in [0.15, 0.2) is 17.3 Å². The van der Waals surface area contributed by atoms with Crippen LogP contribution in [0.4, 0.5) is 0 Å².